The largest absolute Gasteiger partial charge is 0.368 e. The minimum Gasteiger partial charge on any atom is -0.368 e. The van der Waals surface area contributed by atoms with Gasteiger partial charge in [-0.25, -0.2) is 0 Å². The van der Waals surface area contributed by atoms with Crippen molar-refractivity contribution in [2.75, 3.05) is 65.3 Å². The van der Waals surface area contributed by atoms with Crippen LogP contribution in [0, 0.1) is 0 Å². The Labute approximate surface area is 133 Å². The number of carbonyl (C=O) groups is 1. The maximum Gasteiger partial charge on any atom is 0.252 e. The Balaban J connectivity index is 1.89. The van der Waals surface area contributed by atoms with Crippen LogP contribution in [-0.2, 0) is 0 Å². The number of nitrogens with zero attached hydrogens (tertiary/aromatic N) is 4. The molecule has 2 heterocycles. The van der Waals surface area contributed by atoms with Gasteiger partial charge >= 0.3 is 0 Å². The molecule has 0 aliphatic carbocycles. The number of rotatable bonds is 6. The summed E-state index contributed by atoms with van der Waals surface area (Å²) in [7, 11) is 6.20. The summed E-state index contributed by atoms with van der Waals surface area (Å²) in [4.78, 5) is 23.1. The van der Waals surface area contributed by atoms with Gasteiger partial charge in [0.15, 0.2) is 0 Å². The van der Waals surface area contributed by atoms with Crippen LogP contribution in [0.1, 0.15) is 16.8 Å². The van der Waals surface area contributed by atoms with Crippen molar-refractivity contribution < 1.29 is 4.79 Å². The number of pyridine rings is 1. The summed E-state index contributed by atoms with van der Waals surface area (Å²) in [6.45, 7) is 5.70. The number of carbonyl (C=O) groups excluding carboxylic acids is 1. The van der Waals surface area contributed by atoms with E-state index in [4.69, 9.17) is 0 Å². The van der Waals surface area contributed by atoms with Crippen molar-refractivity contribution in [3.63, 3.8) is 0 Å². The molecule has 2 rings (SSSR count). The topological polar surface area (TPSA) is 51.7 Å². The first-order valence-electron chi connectivity index (χ1n) is 7.88. The van der Waals surface area contributed by atoms with Crippen LogP contribution in [-0.4, -0.2) is 81.1 Å². The van der Waals surface area contributed by atoms with E-state index >= 15 is 0 Å². The smallest absolute Gasteiger partial charge is 0.252 e. The van der Waals surface area contributed by atoms with E-state index in [0.717, 1.165) is 44.8 Å². The average Bonchev–Trinajstić information content (AvgIpc) is 2.52. The first-order chi connectivity index (χ1) is 10.6. The second-order valence-electron chi connectivity index (χ2n) is 6.13. The molecule has 1 aromatic rings. The van der Waals surface area contributed by atoms with E-state index in [0.29, 0.717) is 12.1 Å². The number of anilines is 1. The number of piperazine rings is 1. The molecule has 0 spiro atoms. The molecule has 0 aromatic carbocycles. The van der Waals surface area contributed by atoms with Crippen molar-refractivity contribution >= 4 is 11.6 Å². The Hall–Kier alpha value is -1.66. The lowest BCUT2D eigenvalue weighted by Crippen LogP contribution is -2.44. The third kappa shape index (κ3) is 4.96. The first kappa shape index (κ1) is 16.7. The summed E-state index contributed by atoms with van der Waals surface area (Å²) in [6, 6.07) is 1.94. The van der Waals surface area contributed by atoms with Crippen LogP contribution in [0.25, 0.3) is 0 Å². The van der Waals surface area contributed by atoms with Crippen molar-refractivity contribution in [2.24, 2.45) is 0 Å². The molecule has 0 saturated carbocycles. The van der Waals surface area contributed by atoms with E-state index in [1.165, 1.54) is 0 Å². The Morgan fingerprint density at radius 2 is 2.00 bits per heavy atom. The lowest BCUT2D eigenvalue weighted by Gasteiger charge is -2.33. The van der Waals surface area contributed by atoms with E-state index in [2.05, 4.69) is 32.0 Å². The van der Waals surface area contributed by atoms with E-state index in [9.17, 15) is 4.79 Å². The third-order valence-electron chi connectivity index (χ3n) is 3.92. The van der Waals surface area contributed by atoms with Crippen molar-refractivity contribution in [1.29, 1.82) is 0 Å². The maximum atomic E-state index is 12.2. The fraction of sp³-hybridized carbons (Fsp3) is 0.625. The molecule has 6 heteroatoms. The highest BCUT2D eigenvalue weighted by Gasteiger charge is 2.16. The molecule has 0 unspecified atom stereocenters. The number of amides is 1. The van der Waals surface area contributed by atoms with Gasteiger partial charge in [-0.15, -0.1) is 0 Å². The quantitative estimate of drug-likeness (QED) is 0.776. The summed E-state index contributed by atoms with van der Waals surface area (Å²) in [5, 5.41) is 2.96. The summed E-state index contributed by atoms with van der Waals surface area (Å²) < 4.78 is 0. The minimum atomic E-state index is -0.0396. The molecule has 1 N–H and O–H groups in total. The van der Waals surface area contributed by atoms with Crippen molar-refractivity contribution in [1.82, 2.24) is 20.1 Å². The Morgan fingerprint density at radius 1 is 1.27 bits per heavy atom. The number of likely N-dealkylation sites (N-methyl/N-ethyl adjacent to an activating group) is 1. The molecule has 1 aliphatic rings. The van der Waals surface area contributed by atoms with Crippen LogP contribution in [0.4, 0.5) is 5.69 Å². The predicted molar refractivity (Wildman–Crippen MR) is 89.5 cm³/mol. The molecule has 0 radical (unpaired) electrons. The van der Waals surface area contributed by atoms with Gasteiger partial charge in [0, 0.05) is 38.9 Å². The minimum absolute atomic E-state index is 0.0396. The zero-order chi connectivity index (χ0) is 15.9. The van der Waals surface area contributed by atoms with Crippen LogP contribution in [0.3, 0.4) is 0 Å². The van der Waals surface area contributed by atoms with E-state index in [-0.39, 0.29) is 5.91 Å². The van der Waals surface area contributed by atoms with Crippen molar-refractivity contribution in [3.05, 3.63) is 24.0 Å². The normalized spacial score (nSPS) is 16.1. The van der Waals surface area contributed by atoms with E-state index < -0.39 is 0 Å². The van der Waals surface area contributed by atoms with Gasteiger partial charge in [0.2, 0.25) is 0 Å². The molecule has 22 heavy (non-hydrogen) atoms. The Morgan fingerprint density at radius 3 is 2.68 bits per heavy atom. The summed E-state index contributed by atoms with van der Waals surface area (Å²) in [6.07, 6.45) is 4.43. The Bertz CT molecular complexity index is 483. The Kier molecular flexibility index (Phi) is 6.15. The monoisotopic (exact) mass is 305 g/mol. The van der Waals surface area contributed by atoms with Crippen molar-refractivity contribution in [3.8, 4) is 0 Å². The second kappa shape index (κ2) is 8.10. The predicted octanol–water partition coefficient (Wildman–Crippen LogP) is 0.515. The van der Waals surface area contributed by atoms with Crippen molar-refractivity contribution in [2.45, 2.75) is 6.42 Å². The average molecular weight is 305 g/mol. The third-order valence-corrected chi connectivity index (χ3v) is 3.92. The highest BCUT2D eigenvalue weighted by Crippen LogP contribution is 2.16. The first-order valence-corrected chi connectivity index (χ1v) is 7.88. The number of aromatic nitrogens is 1. The van der Waals surface area contributed by atoms with E-state index in [1.54, 1.807) is 6.20 Å². The lowest BCUT2D eigenvalue weighted by molar-refractivity contribution is 0.0952. The van der Waals surface area contributed by atoms with Crippen LogP contribution >= 0.6 is 0 Å². The van der Waals surface area contributed by atoms with Gasteiger partial charge in [-0.2, -0.15) is 0 Å². The molecule has 6 nitrogen and oxygen atoms in total. The number of hydrogen-bond donors (Lipinski definition) is 1. The SMILES string of the molecule is CN(C)CCCNC(=O)c1cncc(N2CCN(C)CC2)c1. The fourth-order valence-electron chi connectivity index (χ4n) is 2.49. The zero-order valence-electron chi connectivity index (χ0n) is 13.9. The van der Waals surface area contributed by atoms with Crippen LogP contribution < -0.4 is 10.2 Å². The maximum absolute atomic E-state index is 12.2. The van der Waals surface area contributed by atoms with Gasteiger partial charge in [-0.05, 0) is 40.2 Å². The van der Waals surface area contributed by atoms with Gasteiger partial charge in [-0.3, -0.25) is 9.78 Å². The van der Waals surface area contributed by atoms with Gasteiger partial charge in [-0.1, -0.05) is 0 Å². The molecular weight excluding hydrogens is 278 g/mol. The molecule has 1 amide bonds. The molecule has 0 bridgehead atoms. The van der Waals surface area contributed by atoms with Crippen LogP contribution in [0.2, 0.25) is 0 Å². The van der Waals surface area contributed by atoms with Gasteiger partial charge in [0.1, 0.15) is 0 Å². The molecular formula is C16H27N5O. The van der Waals surface area contributed by atoms with E-state index in [1.807, 2.05) is 26.4 Å². The van der Waals surface area contributed by atoms with Gasteiger partial charge < -0.3 is 20.0 Å². The zero-order valence-corrected chi connectivity index (χ0v) is 13.9. The second-order valence-corrected chi connectivity index (χ2v) is 6.13. The summed E-state index contributed by atoms with van der Waals surface area (Å²) in [5.74, 6) is -0.0396. The number of hydrogen-bond acceptors (Lipinski definition) is 5. The molecule has 1 fully saturated rings. The molecule has 1 saturated heterocycles. The summed E-state index contributed by atoms with van der Waals surface area (Å²) >= 11 is 0. The molecule has 1 aromatic heterocycles. The van der Waals surface area contributed by atoms with Crippen LogP contribution in [0.5, 0.6) is 0 Å². The molecule has 1 aliphatic heterocycles. The standard InChI is InChI=1S/C16H27N5O/c1-19(2)6-4-5-18-16(22)14-11-15(13-17-12-14)21-9-7-20(3)8-10-21/h11-13H,4-10H2,1-3H3,(H,18,22). The number of nitrogens with one attached hydrogen (secondary N) is 1. The van der Waals surface area contributed by atoms with Gasteiger partial charge in [0.05, 0.1) is 17.4 Å². The van der Waals surface area contributed by atoms with Gasteiger partial charge in [0.25, 0.3) is 5.91 Å². The fourth-order valence-corrected chi connectivity index (χ4v) is 2.49. The lowest BCUT2D eigenvalue weighted by atomic mass is 10.2. The summed E-state index contributed by atoms with van der Waals surface area (Å²) in [5.41, 5.74) is 1.68. The highest BCUT2D eigenvalue weighted by molar-refractivity contribution is 5.94. The molecule has 122 valence electrons. The highest BCUT2D eigenvalue weighted by atomic mass is 16.1. The van der Waals surface area contributed by atoms with Crippen LogP contribution in [0.15, 0.2) is 18.5 Å². The molecule has 0 atom stereocenters.